The van der Waals surface area contributed by atoms with Gasteiger partial charge in [-0.2, -0.15) is 0 Å². The second kappa shape index (κ2) is 7.64. The number of aliphatic hydroxyl groups excluding tert-OH is 1. The highest BCUT2D eigenvalue weighted by molar-refractivity contribution is 5.85. The molecule has 1 amide bonds. The number of aliphatic hydroxyl groups is 1. The maximum Gasteiger partial charge on any atom is 0.241 e. The van der Waals surface area contributed by atoms with Crippen LogP contribution in [0.1, 0.15) is 13.8 Å². The number of nitrogens with one attached hydrogen (secondary N) is 1. The van der Waals surface area contributed by atoms with E-state index in [4.69, 9.17) is 4.74 Å². The number of fused-ring (bicyclic) bond motifs is 1. The maximum atomic E-state index is 12.0. The molecule has 0 aliphatic heterocycles. The third-order valence-electron chi connectivity index (χ3n) is 3.88. The lowest BCUT2D eigenvalue weighted by Gasteiger charge is -2.29. The smallest absolute Gasteiger partial charge is 0.241 e. The lowest BCUT2D eigenvalue weighted by atomic mass is 10.0. The molecule has 1 unspecified atom stereocenters. The van der Waals surface area contributed by atoms with Gasteiger partial charge in [0.05, 0.1) is 5.54 Å². The number of hydrogen-bond donors (Lipinski definition) is 2. The first-order valence-electron chi connectivity index (χ1n) is 8.06. The molecule has 0 aromatic heterocycles. The normalized spacial score (nSPS) is 12.9. The van der Waals surface area contributed by atoms with Crippen molar-refractivity contribution >= 4 is 16.7 Å². The van der Waals surface area contributed by atoms with Gasteiger partial charge in [0.1, 0.15) is 18.5 Å². The van der Waals surface area contributed by atoms with E-state index in [0.717, 1.165) is 16.5 Å². The molecule has 5 heteroatoms. The molecule has 0 aliphatic carbocycles. The van der Waals surface area contributed by atoms with Gasteiger partial charge in [-0.25, -0.2) is 0 Å². The Labute approximate surface area is 143 Å². The fourth-order valence-corrected chi connectivity index (χ4v) is 2.52. The molecular weight excluding hydrogens is 304 g/mol. The standard InChI is InChI=1S/C19H26N2O3/c1-19(2,18(23)21(3)4)20-12-16(22)13-24-17-10-9-14-7-5-6-8-15(14)11-17/h5-11,16,20,22H,12-13H2,1-4H3. The minimum absolute atomic E-state index is 0.0369. The first-order chi connectivity index (χ1) is 11.3. The van der Waals surface area contributed by atoms with Gasteiger partial charge in [-0.1, -0.05) is 30.3 Å². The van der Waals surface area contributed by atoms with Crippen LogP contribution < -0.4 is 10.1 Å². The van der Waals surface area contributed by atoms with E-state index in [-0.39, 0.29) is 19.1 Å². The van der Waals surface area contributed by atoms with Gasteiger partial charge in [0, 0.05) is 20.6 Å². The van der Waals surface area contributed by atoms with Crippen LogP contribution in [0, 0.1) is 0 Å². The van der Waals surface area contributed by atoms with E-state index < -0.39 is 11.6 Å². The van der Waals surface area contributed by atoms with Crippen molar-refractivity contribution in [3.05, 3.63) is 42.5 Å². The quantitative estimate of drug-likeness (QED) is 0.815. The lowest BCUT2D eigenvalue weighted by Crippen LogP contribution is -2.54. The van der Waals surface area contributed by atoms with E-state index in [1.54, 1.807) is 27.9 Å². The number of benzene rings is 2. The van der Waals surface area contributed by atoms with E-state index in [2.05, 4.69) is 5.32 Å². The van der Waals surface area contributed by atoms with Crippen LogP contribution in [-0.4, -0.2) is 54.8 Å². The largest absolute Gasteiger partial charge is 0.491 e. The number of nitrogens with zero attached hydrogens (tertiary/aromatic N) is 1. The average molecular weight is 330 g/mol. The highest BCUT2D eigenvalue weighted by atomic mass is 16.5. The van der Waals surface area contributed by atoms with Crippen molar-refractivity contribution in [3.63, 3.8) is 0 Å². The monoisotopic (exact) mass is 330 g/mol. The number of ether oxygens (including phenoxy) is 1. The fourth-order valence-electron chi connectivity index (χ4n) is 2.52. The minimum Gasteiger partial charge on any atom is -0.491 e. The summed E-state index contributed by atoms with van der Waals surface area (Å²) in [5.74, 6) is 0.682. The predicted molar refractivity (Wildman–Crippen MR) is 96.2 cm³/mol. The predicted octanol–water partition coefficient (Wildman–Crippen LogP) is 2.04. The Bertz CT molecular complexity index is 698. The molecule has 24 heavy (non-hydrogen) atoms. The third-order valence-corrected chi connectivity index (χ3v) is 3.88. The summed E-state index contributed by atoms with van der Waals surface area (Å²) in [6.45, 7) is 4.04. The Morgan fingerprint density at radius 3 is 2.54 bits per heavy atom. The van der Waals surface area contributed by atoms with Crippen molar-refractivity contribution < 1.29 is 14.6 Å². The summed E-state index contributed by atoms with van der Waals surface area (Å²) in [5.41, 5.74) is -0.729. The van der Waals surface area contributed by atoms with Gasteiger partial charge in [0.2, 0.25) is 5.91 Å². The van der Waals surface area contributed by atoms with Crippen molar-refractivity contribution in [2.45, 2.75) is 25.5 Å². The lowest BCUT2D eigenvalue weighted by molar-refractivity contribution is -0.134. The number of carbonyl (C=O) groups excluding carboxylic acids is 1. The Hall–Kier alpha value is -2.11. The molecule has 2 N–H and O–H groups in total. The number of hydrogen-bond acceptors (Lipinski definition) is 4. The Kier molecular flexibility index (Phi) is 5.80. The summed E-state index contributed by atoms with van der Waals surface area (Å²) in [5, 5.41) is 15.4. The van der Waals surface area contributed by atoms with Crippen molar-refractivity contribution in [3.8, 4) is 5.75 Å². The Morgan fingerprint density at radius 2 is 1.88 bits per heavy atom. The highest BCUT2D eigenvalue weighted by Crippen LogP contribution is 2.20. The minimum atomic E-state index is -0.729. The third kappa shape index (κ3) is 4.69. The van der Waals surface area contributed by atoms with Crippen LogP contribution in [0.4, 0.5) is 0 Å². The van der Waals surface area contributed by atoms with E-state index in [1.807, 2.05) is 42.5 Å². The number of amides is 1. The topological polar surface area (TPSA) is 61.8 Å². The zero-order chi connectivity index (χ0) is 17.7. The van der Waals surface area contributed by atoms with Crippen LogP contribution in [0.5, 0.6) is 5.75 Å². The van der Waals surface area contributed by atoms with E-state index in [9.17, 15) is 9.90 Å². The van der Waals surface area contributed by atoms with Gasteiger partial charge in [0.25, 0.3) is 0 Å². The second-order valence-corrected chi connectivity index (χ2v) is 6.68. The molecule has 2 aromatic carbocycles. The van der Waals surface area contributed by atoms with E-state index >= 15 is 0 Å². The van der Waals surface area contributed by atoms with Crippen LogP contribution >= 0.6 is 0 Å². The van der Waals surface area contributed by atoms with Crippen LogP contribution in [0.2, 0.25) is 0 Å². The molecule has 2 rings (SSSR count). The van der Waals surface area contributed by atoms with Gasteiger partial charge in [-0.3, -0.25) is 4.79 Å². The van der Waals surface area contributed by atoms with Gasteiger partial charge in [-0.15, -0.1) is 0 Å². The number of rotatable bonds is 7. The molecule has 0 saturated heterocycles. The number of carbonyl (C=O) groups is 1. The summed E-state index contributed by atoms with van der Waals surface area (Å²) >= 11 is 0. The van der Waals surface area contributed by atoms with Gasteiger partial charge < -0.3 is 20.1 Å². The summed E-state index contributed by atoms with van der Waals surface area (Å²) in [6.07, 6.45) is -0.703. The van der Waals surface area contributed by atoms with Crippen molar-refractivity contribution in [2.24, 2.45) is 0 Å². The molecule has 5 nitrogen and oxygen atoms in total. The van der Waals surface area contributed by atoms with Crippen LogP contribution in [0.3, 0.4) is 0 Å². The van der Waals surface area contributed by atoms with Crippen molar-refractivity contribution in [1.29, 1.82) is 0 Å². The molecule has 0 saturated carbocycles. The number of likely N-dealkylation sites (N-methyl/N-ethyl adjacent to an activating group) is 1. The molecule has 0 radical (unpaired) electrons. The molecule has 0 bridgehead atoms. The van der Waals surface area contributed by atoms with Crippen LogP contribution in [0.15, 0.2) is 42.5 Å². The fraction of sp³-hybridized carbons (Fsp3) is 0.421. The molecule has 130 valence electrons. The van der Waals surface area contributed by atoms with Gasteiger partial charge >= 0.3 is 0 Å². The summed E-state index contributed by atoms with van der Waals surface area (Å²) in [6, 6.07) is 13.9. The van der Waals surface area contributed by atoms with E-state index in [0.29, 0.717) is 0 Å². The van der Waals surface area contributed by atoms with Crippen molar-refractivity contribution in [1.82, 2.24) is 10.2 Å². The summed E-state index contributed by atoms with van der Waals surface area (Å²) in [4.78, 5) is 13.6. The van der Waals surface area contributed by atoms with Crippen LogP contribution in [0.25, 0.3) is 10.8 Å². The summed E-state index contributed by atoms with van der Waals surface area (Å²) in [7, 11) is 3.43. The average Bonchev–Trinajstić information content (AvgIpc) is 2.57. The van der Waals surface area contributed by atoms with Crippen LogP contribution in [-0.2, 0) is 4.79 Å². The SMILES string of the molecule is CN(C)C(=O)C(C)(C)NCC(O)COc1ccc2ccccc2c1. The Morgan fingerprint density at radius 1 is 1.21 bits per heavy atom. The van der Waals surface area contributed by atoms with E-state index in [1.165, 1.54) is 4.90 Å². The second-order valence-electron chi connectivity index (χ2n) is 6.68. The van der Waals surface area contributed by atoms with Gasteiger partial charge in [0.15, 0.2) is 0 Å². The first kappa shape index (κ1) is 18.2. The first-order valence-corrected chi connectivity index (χ1v) is 8.06. The number of β-amino-alcohol motifs (C(OH)–C–C–N with tert-alkyl or cyclic N) is 1. The zero-order valence-corrected chi connectivity index (χ0v) is 14.7. The van der Waals surface area contributed by atoms with Gasteiger partial charge in [-0.05, 0) is 36.8 Å². The zero-order valence-electron chi connectivity index (χ0n) is 14.7. The molecule has 1 atom stereocenters. The molecule has 0 aliphatic rings. The Balaban J connectivity index is 1.86. The highest BCUT2D eigenvalue weighted by Gasteiger charge is 2.29. The summed E-state index contributed by atoms with van der Waals surface area (Å²) < 4.78 is 5.66. The molecule has 0 fully saturated rings. The molecule has 0 spiro atoms. The molecule has 2 aromatic rings. The maximum absolute atomic E-state index is 12.0. The molecular formula is C19H26N2O3. The van der Waals surface area contributed by atoms with Crippen molar-refractivity contribution in [2.75, 3.05) is 27.2 Å². The molecule has 0 heterocycles.